The van der Waals surface area contributed by atoms with Gasteiger partial charge in [-0.15, -0.1) is 0 Å². The molecule has 0 bridgehead atoms. The average molecular weight is 407 g/mol. The number of halogens is 1. The van der Waals surface area contributed by atoms with Gasteiger partial charge in [-0.2, -0.15) is 4.31 Å². The van der Waals surface area contributed by atoms with Crippen molar-refractivity contribution in [2.75, 3.05) is 13.7 Å². The zero-order valence-corrected chi connectivity index (χ0v) is 16.4. The molecular weight excluding hydrogens is 385 g/mol. The van der Waals surface area contributed by atoms with Crippen LogP contribution in [0.2, 0.25) is 0 Å². The molecule has 1 fully saturated rings. The van der Waals surface area contributed by atoms with Gasteiger partial charge in [-0.3, -0.25) is 0 Å². The van der Waals surface area contributed by atoms with Gasteiger partial charge >= 0.3 is 5.97 Å². The summed E-state index contributed by atoms with van der Waals surface area (Å²) in [5.74, 6) is -1.17. The summed E-state index contributed by atoms with van der Waals surface area (Å²) < 4.78 is 45.9. The van der Waals surface area contributed by atoms with Crippen molar-refractivity contribution in [2.45, 2.75) is 36.8 Å². The lowest BCUT2D eigenvalue weighted by Crippen LogP contribution is -2.37. The molecule has 28 heavy (non-hydrogen) atoms. The highest BCUT2D eigenvalue weighted by Crippen LogP contribution is 2.35. The standard InChI is InChI=1S/C20H22FNO5S/c1-13-4-3-5-18(19(13)20(24)27-2)28(25,26)22(16-10-11-16)12-17(23)14-6-8-15(21)9-7-14/h3-9,16-17,23H,10-12H2,1-2H3/t17-/m0/s1. The largest absolute Gasteiger partial charge is 0.465 e. The average Bonchev–Trinajstić information content (AvgIpc) is 3.50. The maximum Gasteiger partial charge on any atom is 0.339 e. The van der Waals surface area contributed by atoms with E-state index >= 15 is 0 Å². The second kappa shape index (κ2) is 7.98. The molecule has 0 amide bonds. The molecule has 0 unspecified atom stereocenters. The Bertz CT molecular complexity index is 971. The summed E-state index contributed by atoms with van der Waals surface area (Å²) in [6, 6.07) is 9.60. The number of esters is 1. The topological polar surface area (TPSA) is 83.9 Å². The minimum absolute atomic E-state index is 0.00748. The summed E-state index contributed by atoms with van der Waals surface area (Å²) in [6.45, 7) is 1.45. The number of nitrogens with zero attached hydrogens (tertiary/aromatic N) is 1. The van der Waals surface area contributed by atoms with E-state index in [0.29, 0.717) is 24.0 Å². The first-order chi connectivity index (χ1) is 13.3. The Morgan fingerprint density at radius 1 is 1.25 bits per heavy atom. The predicted molar refractivity (Wildman–Crippen MR) is 101 cm³/mol. The fourth-order valence-corrected chi connectivity index (χ4v) is 5.06. The van der Waals surface area contributed by atoms with Crippen molar-refractivity contribution in [2.24, 2.45) is 0 Å². The molecular formula is C20H22FNO5S. The Balaban J connectivity index is 1.97. The van der Waals surface area contributed by atoms with Crippen LogP contribution in [-0.2, 0) is 14.8 Å². The van der Waals surface area contributed by atoms with Crippen LogP contribution in [0.5, 0.6) is 0 Å². The number of rotatable bonds is 7. The number of aliphatic hydroxyl groups excluding tert-OH is 1. The van der Waals surface area contributed by atoms with E-state index in [0.717, 1.165) is 0 Å². The van der Waals surface area contributed by atoms with E-state index in [-0.39, 0.29) is 23.0 Å². The molecule has 1 atom stereocenters. The second-order valence-corrected chi connectivity index (χ2v) is 8.67. The molecule has 2 aromatic rings. The highest BCUT2D eigenvalue weighted by molar-refractivity contribution is 7.89. The summed E-state index contributed by atoms with van der Waals surface area (Å²) in [5, 5.41) is 10.5. The third-order valence-electron chi connectivity index (χ3n) is 4.77. The van der Waals surface area contributed by atoms with Gasteiger partial charge in [0.2, 0.25) is 10.0 Å². The normalized spacial score (nSPS) is 15.5. The Morgan fingerprint density at radius 2 is 1.89 bits per heavy atom. The fraction of sp³-hybridized carbons (Fsp3) is 0.350. The van der Waals surface area contributed by atoms with Crippen LogP contribution < -0.4 is 0 Å². The molecule has 0 saturated heterocycles. The first-order valence-electron chi connectivity index (χ1n) is 8.89. The van der Waals surface area contributed by atoms with Crippen molar-refractivity contribution in [3.8, 4) is 0 Å². The van der Waals surface area contributed by atoms with E-state index < -0.39 is 27.9 Å². The maximum atomic E-state index is 13.4. The molecule has 150 valence electrons. The van der Waals surface area contributed by atoms with Crippen LogP contribution in [0.25, 0.3) is 0 Å². The SMILES string of the molecule is COC(=O)c1c(C)cccc1S(=O)(=O)N(C[C@H](O)c1ccc(F)cc1)C1CC1. The molecule has 0 radical (unpaired) electrons. The lowest BCUT2D eigenvalue weighted by atomic mass is 10.1. The van der Waals surface area contributed by atoms with Crippen LogP contribution in [0.1, 0.15) is 40.4 Å². The van der Waals surface area contributed by atoms with Gasteiger partial charge in [0.1, 0.15) is 5.82 Å². The third-order valence-corrected chi connectivity index (χ3v) is 6.73. The molecule has 0 spiro atoms. The Hall–Kier alpha value is -2.29. The number of ether oxygens (including phenoxy) is 1. The van der Waals surface area contributed by atoms with E-state index in [1.54, 1.807) is 19.1 Å². The van der Waals surface area contributed by atoms with Crippen molar-refractivity contribution in [3.63, 3.8) is 0 Å². The number of carbonyl (C=O) groups is 1. The number of methoxy groups -OCH3 is 1. The molecule has 6 nitrogen and oxygen atoms in total. The molecule has 1 aliphatic rings. The first-order valence-corrected chi connectivity index (χ1v) is 10.3. The number of hydrogen-bond acceptors (Lipinski definition) is 5. The van der Waals surface area contributed by atoms with Gasteiger partial charge in [0.25, 0.3) is 0 Å². The minimum Gasteiger partial charge on any atom is -0.465 e. The van der Waals surface area contributed by atoms with E-state index in [9.17, 15) is 22.7 Å². The van der Waals surface area contributed by atoms with Crippen molar-refractivity contribution in [3.05, 3.63) is 65.0 Å². The van der Waals surface area contributed by atoms with Gasteiger partial charge in [0.15, 0.2) is 0 Å². The lowest BCUT2D eigenvalue weighted by molar-refractivity contribution is 0.0595. The van der Waals surface area contributed by atoms with E-state index in [1.165, 1.54) is 41.7 Å². The summed E-state index contributed by atoms with van der Waals surface area (Å²) in [7, 11) is -2.86. The highest BCUT2D eigenvalue weighted by Gasteiger charge is 2.41. The molecule has 0 heterocycles. The molecule has 0 aliphatic heterocycles. The van der Waals surface area contributed by atoms with Crippen LogP contribution in [0.3, 0.4) is 0 Å². The maximum absolute atomic E-state index is 13.4. The van der Waals surface area contributed by atoms with Crippen molar-refractivity contribution < 1.29 is 27.4 Å². The van der Waals surface area contributed by atoms with Crippen molar-refractivity contribution in [1.82, 2.24) is 4.31 Å². The van der Waals surface area contributed by atoms with Gasteiger partial charge in [0.05, 0.1) is 23.7 Å². The second-order valence-electron chi connectivity index (χ2n) is 6.81. The lowest BCUT2D eigenvalue weighted by Gasteiger charge is -2.26. The van der Waals surface area contributed by atoms with Crippen LogP contribution >= 0.6 is 0 Å². The Labute approximate surface area is 163 Å². The highest BCUT2D eigenvalue weighted by atomic mass is 32.2. The van der Waals surface area contributed by atoms with Crippen LogP contribution in [-0.4, -0.2) is 43.5 Å². The number of carbonyl (C=O) groups excluding carboxylic acids is 1. The number of aliphatic hydroxyl groups is 1. The third kappa shape index (κ3) is 4.09. The van der Waals surface area contributed by atoms with E-state index in [1.807, 2.05) is 0 Å². The van der Waals surface area contributed by atoms with Crippen LogP contribution in [0.15, 0.2) is 47.4 Å². The zero-order valence-electron chi connectivity index (χ0n) is 15.6. The monoisotopic (exact) mass is 407 g/mol. The molecule has 1 N–H and O–H groups in total. The van der Waals surface area contributed by atoms with Crippen molar-refractivity contribution in [1.29, 1.82) is 0 Å². The van der Waals surface area contributed by atoms with Gasteiger partial charge in [-0.05, 0) is 49.1 Å². The summed E-state index contributed by atoms with van der Waals surface area (Å²) in [4.78, 5) is 12.1. The summed E-state index contributed by atoms with van der Waals surface area (Å²) in [6.07, 6.45) is 0.228. The summed E-state index contributed by atoms with van der Waals surface area (Å²) >= 11 is 0. The molecule has 8 heteroatoms. The van der Waals surface area contributed by atoms with Gasteiger partial charge < -0.3 is 9.84 Å². The number of hydrogen-bond donors (Lipinski definition) is 1. The molecule has 3 rings (SSSR count). The van der Waals surface area contributed by atoms with Crippen LogP contribution in [0, 0.1) is 12.7 Å². The Kier molecular flexibility index (Phi) is 5.83. The Morgan fingerprint density at radius 3 is 2.46 bits per heavy atom. The minimum atomic E-state index is -4.06. The van der Waals surface area contributed by atoms with Gasteiger partial charge in [0, 0.05) is 12.6 Å². The van der Waals surface area contributed by atoms with Crippen LogP contribution in [0.4, 0.5) is 4.39 Å². The van der Waals surface area contributed by atoms with Crippen molar-refractivity contribution >= 4 is 16.0 Å². The number of benzene rings is 2. The van der Waals surface area contributed by atoms with Gasteiger partial charge in [-0.25, -0.2) is 17.6 Å². The molecule has 2 aromatic carbocycles. The van der Waals surface area contributed by atoms with E-state index in [2.05, 4.69) is 0 Å². The molecule has 1 aliphatic carbocycles. The smallest absolute Gasteiger partial charge is 0.339 e. The van der Waals surface area contributed by atoms with E-state index in [4.69, 9.17) is 4.74 Å². The first kappa shape index (κ1) is 20.4. The fourth-order valence-electron chi connectivity index (χ4n) is 3.11. The predicted octanol–water partition coefficient (Wildman–Crippen LogP) is 2.81. The number of sulfonamides is 1. The number of aryl methyl sites for hydroxylation is 1. The quantitative estimate of drug-likeness (QED) is 0.714. The summed E-state index contributed by atoms with van der Waals surface area (Å²) in [5.41, 5.74) is 0.898. The zero-order chi connectivity index (χ0) is 20.5. The molecule has 1 saturated carbocycles. The molecule has 0 aromatic heterocycles. The van der Waals surface area contributed by atoms with Gasteiger partial charge in [-0.1, -0.05) is 24.3 Å².